The van der Waals surface area contributed by atoms with Gasteiger partial charge in [0.05, 0.1) is 35.6 Å². The van der Waals surface area contributed by atoms with Crippen LogP contribution in [0.3, 0.4) is 0 Å². The summed E-state index contributed by atoms with van der Waals surface area (Å²) in [7, 11) is 0. The number of aromatic nitrogens is 2. The number of cyclic esters (lactones) is 1. The first-order valence-corrected chi connectivity index (χ1v) is 27.0. The molecule has 0 fully saturated rings. The van der Waals surface area contributed by atoms with Crippen molar-refractivity contribution < 1.29 is 57.3 Å². The SMILES string of the molecule is CC.CC(C)C(C)CC(=O)N(C=O)CCCCCC(=O)NC(C(=O)NCC(=O)Nc1ccc(COC(N)=O)cc1)C(C)C.CCCNC(N)=O.Cc1c(F)cc2nc3c(c4c2c1CCC4)Cn1c-3cc2c(c1=O)COC(=O)C2O. The molecule has 3 aliphatic rings. The molecule has 0 saturated heterocycles. The second-order valence-corrected chi connectivity index (χ2v) is 20.1. The van der Waals surface area contributed by atoms with Crippen LogP contribution in [0, 0.1) is 30.5 Å². The Balaban J connectivity index is 0.000000304. The molecular weight excluding hydrogens is 1020 g/mol. The molecule has 2 aliphatic heterocycles. The van der Waals surface area contributed by atoms with Gasteiger partial charge in [-0.1, -0.05) is 73.9 Å². The lowest BCUT2D eigenvalue weighted by Gasteiger charge is -2.22. The van der Waals surface area contributed by atoms with Crippen molar-refractivity contribution in [1.29, 1.82) is 0 Å². The Morgan fingerprint density at radius 1 is 0.924 bits per heavy atom. The smallest absolute Gasteiger partial charge is 0.404 e. The van der Waals surface area contributed by atoms with Crippen molar-refractivity contribution in [3.05, 3.63) is 91.5 Å². The van der Waals surface area contributed by atoms with Gasteiger partial charge in [-0.25, -0.2) is 23.8 Å². The fourth-order valence-corrected chi connectivity index (χ4v) is 9.02. The monoisotopic (exact) mass is 1100 g/mol. The average Bonchev–Trinajstić information content (AvgIpc) is 4.00. The Morgan fingerprint density at radius 2 is 1.61 bits per heavy atom. The lowest BCUT2D eigenvalue weighted by Crippen LogP contribution is -2.51. The summed E-state index contributed by atoms with van der Waals surface area (Å²) in [5, 5.41) is 21.6. The molecule has 9 N–H and O–H groups in total. The van der Waals surface area contributed by atoms with E-state index in [-0.39, 0.29) is 66.8 Å². The number of carbonyl (C=O) groups excluding carboxylic acids is 8. The van der Waals surface area contributed by atoms with Crippen LogP contribution in [-0.2, 0) is 70.8 Å². The fraction of sp³-hybridized carbons (Fsp3) is 0.509. The highest BCUT2D eigenvalue weighted by Crippen LogP contribution is 2.42. The normalized spacial score (nSPS) is 14.1. The molecule has 21 nitrogen and oxygen atoms in total. The maximum atomic E-state index is 14.5. The summed E-state index contributed by atoms with van der Waals surface area (Å²) in [6, 6.07) is 8.44. The van der Waals surface area contributed by atoms with Gasteiger partial charge in [0.25, 0.3) is 5.56 Å². The molecule has 3 unspecified atom stereocenters. The number of hydrogen-bond acceptors (Lipinski definition) is 13. The minimum atomic E-state index is -1.48. The van der Waals surface area contributed by atoms with Crippen LogP contribution in [0.2, 0.25) is 0 Å². The summed E-state index contributed by atoms with van der Waals surface area (Å²) in [6.07, 6.45) is 4.01. The summed E-state index contributed by atoms with van der Waals surface area (Å²) in [4.78, 5) is 112. The van der Waals surface area contributed by atoms with Crippen LogP contribution in [0.5, 0.6) is 0 Å². The van der Waals surface area contributed by atoms with E-state index in [0.29, 0.717) is 96.9 Å². The number of unbranched alkanes of at least 4 members (excludes halogenated alkanes) is 2. The number of primary amides is 2. The number of halogens is 1. The molecule has 0 radical (unpaired) electrons. The summed E-state index contributed by atoms with van der Waals surface area (Å²) in [5.74, 6) is -2.12. The molecule has 4 aromatic rings. The topological polar surface area (TPSA) is 314 Å². The number of esters is 1. The molecule has 2 aromatic heterocycles. The van der Waals surface area contributed by atoms with Crippen LogP contribution in [0.4, 0.5) is 19.7 Å². The van der Waals surface area contributed by atoms with Crippen molar-refractivity contribution in [2.24, 2.45) is 29.2 Å². The number of aliphatic hydroxyl groups is 1. The van der Waals surface area contributed by atoms with Crippen molar-refractivity contribution >= 4 is 64.7 Å². The van der Waals surface area contributed by atoms with Gasteiger partial charge >= 0.3 is 18.1 Å². The van der Waals surface area contributed by atoms with Crippen molar-refractivity contribution in [3.63, 3.8) is 0 Å². The second kappa shape index (κ2) is 30.4. The largest absolute Gasteiger partial charge is 0.458 e. The molecule has 0 spiro atoms. The highest BCUT2D eigenvalue weighted by atomic mass is 19.1. The number of fused-ring (bicyclic) bond motifs is 5. The lowest BCUT2D eigenvalue weighted by molar-refractivity contribution is -0.157. The number of aryl methyl sites for hydroxylation is 2. The number of rotatable bonds is 20. The van der Waals surface area contributed by atoms with Gasteiger partial charge in [-0.05, 0) is 104 Å². The van der Waals surface area contributed by atoms with E-state index in [2.05, 4.69) is 21.3 Å². The molecule has 0 bridgehead atoms. The van der Waals surface area contributed by atoms with E-state index in [1.54, 1.807) is 55.7 Å². The number of imide groups is 1. The quantitative estimate of drug-likeness (QED) is 0.0258. The zero-order chi connectivity index (χ0) is 58.7. The van der Waals surface area contributed by atoms with E-state index in [4.69, 9.17) is 25.9 Å². The predicted molar refractivity (Wildman–Crippen MR) is 295 cm³/mol. The Labute approximate surface area is 460 Å². The number of nitrogens with zero attached hydrogens (tertiary/aromatic N) is 3. The first kappa shape index (κ1) is 63.8. The zero-order valence-electron chi connectivity index (χ0n) is 46.8. The molecule has 0 saturated carbocycles. The number of amides is 8. The number of nitrogens with one attached hydrogen (secondary N) is 4. The van der Waals surface area contributed by atoms with E-state index in [9.17, 15) is 52.6 Å². The first-order chi connectivity index (χ1) is 37.6. The Hall–Kier alpha value is -7.75. The van der Waals surface area contributed by atoms with Gasteiger partial charge < -0.3 is 51.9 Å². The minimum Gasteiger partial charge on any atom is -0.458 e. The van der Waals surface area contributed by atoms with Crippen LogP contribution in [0.1, 0.15) is 145 Å². The van der Waals surface area contributed by atoms with Crippen LogP contribution in [-0.4, -0.2) is 93.4 Å². The molecule has 4 heterocycles. The second-order valence-electron chi connectivity index (χ2n) is 20.1. The average molecular weight is 1100 g/mol. The van der Waals surface area contributed by atoms with E-state index >= 15 is 0 Å². The molecular formula is C57H78FN9O12. The minimum absolute atomic E-state index is 0.0136. The van der Waals surface area contributed by atoms with E-state index in [1.165, 1.54) is 11.0 Å². The van der Waals surface area contributed by atoms with Gasteiger partial charge in [0.15, 0.2) is 6.10 Å². The summed E-state index contributed by atoms with van der Waals surface area (Å²) < 4.78 is 25.8. The van der Waals surface area contributed by atoms with Crippen molar-refractivity contribution in [3.8, 4) is 11.4 Å². The summed E-state index contributed by atoms with van der Waals surface area (Å²) in [5.41, 5.74) is 16.7. The molecule has 79 heavy (non-hydrogen) atoms. The summed E-state index contributed by atoms with van der Waals surface area (Å²) in [6.45, 7) is 18.4. The predicted octanol–water partition coefficient (Wildman–Crippen LogP) is 6.25. The van der Waals surface area contributed by atoms with Crippen molar-refractivity contribution in [2.75, 3.05) is 25.0 Å². The number of aliphatic hydroxyl groups excluding tert-OH is 1. The molecule has 1 aliphatic carbocycles. The van der Waals surface area contributed by atoms with Gasteiger partial charge in [-0.15, -0.1) is 0 Å². The number of anilines is 1. The number of nitrogens with two attached hydrogens (primary N) is 2. The third kappa shape index (κ3) is 17.4. The fourth-order valence-electron chi connectivity index (χ4n) is 9.02. The Morgan fingerprint density at radius 3 is 2.22 bits per heavy atom. The molecule has 2 aromatic carbocycles. The van der Waals surface area contributed by atoms with Gasteiger partial charge in [-0.3, -0.25) is 33.7 Å². The number of pyridine rings is 2. The van der Waals surface area contributed by atoms with Crippen LogP contribution >= 0.6 is 0 Å². The molecule has 3 atom stereocenters. The molecule has 8 amide bonds. The van der Waals surface area contributed by atoms with Gasteiger partial charge in [0.2, 0.25) is 30.0 Å². The Kier molecular flexibility index (Phi) is 24.6. The first-order valence-electron chi connectivity index (χ1n) is 27.0. The van der Waals surface area contributed by atoms with Crippen LogP contribution in [0.25, 0.3) is 22.3 Å². The molecule has 7 rings (SSSR count). The van der Waals surface area contributed by atoms with Crippen molar-refractivity contribution in [2.45, 2.75) is 152 Å². The van der Waals surface area contributed by atoms with E-state index in [1.807, 2.05) is 41.5 Å². The number of hydrogen-bond donors (Lipinski definition) is 7. The third-order valence-corrected chi connectivity index (χ3v) is 13.8. The number of benzene rings is 2. The van der Waals surface area contributed by atoms with Crippen LogP contribution < -0.4 is 38.3 Å². The third-order valence-electron chi connectivity index (χ3n) is 13.8. The summed E-state index contributed by atoms with van der Waals surface area (Å²) >= 11 is 0. The van der Waals surface area contributed by atoms with Gasteiger partial charge in [0, 0.05) is 54.2 Å². The standard InChI is InChI=1S/C29H45N5O7.C22H17FN2O4.C4H10N2O.C2H6/c1-19(2)21(5)15-26(38)34(18-35)14-8-6-7-9-24(36)33-27(20(3)4)28(39)31-16-25(37)32-23-12-10-22(11-13-23)17-41-29(30)40;1-9-10-3-2-4-11-13-7-25-17(19(13)24-16(18(10)11)6-15(9)23)5-12-14(21(25)27)8-29-22(28)20(12)26;1-2-3-6-4(5)7;1-2/h10-13,18-21,27H,6-9,14-17H2,1-5H3,(H2,30,40)(H,31,39)(H,32,37)(H,33,36);5-6,20,26H,2-4,7-8H2,1H3;2-3H2,1H3,(H3,5,6,7);1-2H3. The van der Waals surface area contributed by atoms with Gasteiger partial charge in [-0.2, -0.15) is 0 Å². The lowest BCUT2D eigenvalue weighted by atomic mass is 9.85. The van der Waals surface area contributed by atoms with Crippen LogP contribution in [0.15, 0.2) is 41.2 Å². The van der Waals surface area contributed by atoms with Crippen molar-refractivity contribution in [1.82, 2.24) is 30.4 Å². The molecule has 22 heteroatoms. The maximum absolute atomic E-state index is 14.5. The van der Waals surface area contributed by atoms with Gasteiger partial charge in [0.1, 0.15) is 25.1 Å². The van der Waals surface area contributed by atoms with E-state index in [0.717, 1.165) is 47.8 Å². The Bertz CT molecular complexity index is 2910. The zero-order valence-corrected chi connectivity index (χ0v) is 46.8. The number of carbonyl (C=O) groups is 8. The molecule has 430 valence electrons. The maximum Gasteiger partial charge on any atom is 0.404 e. The number of ether oxygens (including phenoxy) is 2. The highest BCUT2D eigenvalue weighted by Gasteiger charge is 2.36. The van der Waals surface area contributed by atoms with E-state index < -0.39 is 42.1 Å². The highest BCUT2D eigenvalue weighted by molar-refractivity contribution is 5.96. The number of urea groups is 1.